The van der Waals surface area contributed by atoms with Gasteiger partial charge in [-0.2, -0.15) is 0 Å². The van der Waals surface area contributed by atoms with Gasteiger partial charge in [-0.1, -0.05) is 30.3 Å². The maximum Gasteiger partial charge on any atom is 0.221 e. The second kappa shape index (κ2) is 6.58. The minimum absolute atomic E-state index is 0.110. The van der Waals surface area contributed by atoms with Gasteiger partial charge in [-0.05, 0) is 31.2 Å². The first kappa shape index (κ1) is 14.5. The molecule has 2 aliphatic rings. The maximum atomic E-state index is 11.7. The van der Waals surface area contributed by atoms with Gasteiger partial charge in [0.15, 0.2) is 0 Å². The molecule has 2 saturated heterocycles. The van der Waals surface area contributed by atoms with Crippen molar-refractivity contribution < 1.29 is 4.79 Å². The molecule has 0 saturated carbocycles. The normalized spacial score (nSPS) is 28.5. The van der Waals surface area contributed by atoms with E-state index in [1.807, 2.05) is 0 Å². The second-order valence-corrected chi connectivity index (χ2v) is 6.32. The lowest BCUT2D eigenvalue weighted by molar-refractivity contribution is -0.122. The van der Waals surface area contributed by atoms with E-state index in [9.17, 15) is 4.79 Å². The zero-order valence-electron chi connectivity index (χ0n) is 12.5. The third kappa shape index (κ3) is 3.44. The van der Waals surface area contributed by atoms with Crippen LogP contribution in [0.15, 0.2) is 30.3 Å². The smallest absolute Gasteiger partial charge is 0.221 e. The molecule has 1 amide bonds. The number of benzene rings is 1. The number of carbonyl (C=O) groups excluding carboxylic acids is 1. The van der Waals surface area contributed by atoms with Crippen LogP contribution >= 0.6 is 0 Å². The summed E-state index contributed by atoms with van der Waals surface area (Å²) in [6.45, 7) is 1.48. The molecule has 114 valence electrons. The van der Waals surface area contributed by atoms with Crippen LogP contribution in [0.3, 0.4) is 0 Å². The Morgan fingerprint density at radius 1 is 1.19 bits per heavy atom. The largest absolute Gasteiger partial charge is 0.353 e. The molecule has 3 rings (SSSR count). The van der Waals surface area contributed by atoms with E-state index < -0.39 is 0 Å². The number of rotatable bonds is 5. The number of hydrogen-bond acceptors (Lipinski definition) is 3. The number of fused-ring (bicyclic) bond motifs is 2. The van der Waals surface area contributed by atoms with Gasteiger partial charge in [0.2, 0.25) is 5.91 Å². The summed E-state index contributed by atoms with van der Waals surface area (Å²) < 4.78 is 0. The summed E-state index contributed by atoms with van der Waals surface area (Å²) in [5.74, 6) is 0.110. The zero-order valence-corrected chi connectivity index (χ0v) is 12.5. The first-order valence-electron chi connectivity index (χ1n) is 8.05. The van der Waals surface area contributed by atoms with Gasteiger partial charge < -0.3 is 11.1 Å². The molecule has 1 aromatic carbocycles. The van der Waals surface area contributed by atoms with Gasteiger partial charge in [-0.3, -0.25) is 9.69 Å². The van der Waals surface area contributed by atoms with Crippen molar-refractivity contribution in [2.24, 2.45) is 5.73 Å². The average Bonchev–Trinajstić information content (AvgIpc) is 2.71. The van der Waals surface area contributed by atoms with Gasteiger partial charge in [0, 0.05) is 37.6 Å². The monoisotopic (exact) mass is 287 g/mol. The minimum atomic E-state index is 0.110. The number of carbonyl (C=O) groups is 1. The molecular weight excluding hydrogens is 262 g/mol. The Bertz CT molecular complexity index is 462. The van der Waals surface area contributed by atoms with E-state index in [1.54, 1.807) is 0 Å². The maximum absolute atomic E-state index is 11.7. The van der Waals surface area contributed by atoms with E-state index in [0.29, 0.717) is 31.1 Å². The second-order valence-electron chi connectivity index (χ2n) is 6.32. The van der Waals surface area contributed by atoms with Crippen molar-refractivity contribution in [3.05, 3.63) is 35.9 Å². The lowest BCUT2D eigenvalue weighted by Gasteiger charge is -2.39. The van der Waals surface area contributed by atoms with E-state index in [-0.39, 0.29) is 5.91 Å². The molecule has 4 nitrogen and oxygen atoms in total. The molecule has 1 aromatic rings. The van der Waals surface area contributed by atoms with Crippen LogP contribution < -0.4 is 11.1 Å². The average molecular weight is 287 g/mol. The lowest BCUT2D eigenvalue weighted by atomic mass is 9.96. The third-order valence-electron chi connectivity index (χ3n) is 4.83. The zero-order chi connectivity index (χ0) is 14.7. The Morgan fingerprint density at radius 2 is 1.86 bits per heavy atom. The molecular formula is C17H25N3O. The fourth-order valence-electron chi connectivity index (χ4n) is 3.88. The highest BCUT2D eigenvalue weighted by Crippen LogP contribution is 2.36. The first-order chi connectivity index (χ1) is 10.3. The summed E-state index contributed by atoms with van der Waals surface area (Å²) in [5, 5.41) is 3.16. The molecule has 21 heavy (non-hydrogen) atoms. The molecule has 0 spiro atoms. The lowest BCUT2D eigenvalue weighted by Crippen LogP contribution is -2.50. The summed E-state index contributed by atoms with van der Waals surface area (Å²) in [4.78, 5) is 14.4. The van der Waals surface area contributed by atoms with Gasteiger partial charge >= 0.3 is 0 Å². The van der Waals surface area contributed by atoms with Crippen molar-refractivity contribution in [3.63, 3.8) is 0 Å². The fourth-order valence-corrected chi connectivity index (χ4v) is 3.88. The highest BCUT2D eigenvalue weighted by atomic mass is 16.1. The Labute approximate surface area is 126 Å². The van der Waals surface area contributed by atoms with Crippen molar-refractivity contribution in [1.82, 2.24) is 10.2 Å². The van der Waals surface area contributed by atoms with Crippen LogP contribution in [0.5, 0.6) is 0 Å². The highest BCUT2D eigenvalue weighted by Gasteiger charge is 2.40. The van der Waals surface area contributed by atoms with Gasteiger partial charge in [0.1, 0.15) is 0 Å². The summed E-state index contributed by atoms with van der Waals surface area (Å²) in [7, 11) is 0. The molecule has 4 heteroatoms. The van der Waals surface area contributed by atoms with Crippen LogP contribution in [0, 0.1) is 0 Å². The SMILES string of the molecule is NCCC(=O)NC1CC2CCC(C1)N2Cc1ccccc1. The Hall–Kier alpha value is -1.39. The van der Waals surface area contributed by atoms with Gasteiger partial charge in [0.25, 0.3) is 0 Å². The molecule has 3 N–H and O–H groups in total. The summed E-state index contributed by atoms with van der Waals surface area (Å²) in [6, 6.07) is 12.3. The Kier molecular flexibility index (Phi) is 4.56. The quantitative estimate of drug-likeness (QED) is 0.865. The van der Waals surface area contributed by atoms with Crippen LogP contribution in [-0.4, -0.2) is 35.5 Å². The van der Waals surface area contributed by atoms with Crippen LogP contribution in [0.4, 0.5) is 0 Å². The fraction of sp³-hybridized carbons (Fsp3) is 0.588. The molecule has 2 heterocycles. The van der Waals surface area contributed by atoms with Crippen LogP contribution in [0.1, 0.15) is 37.7 Å². The predicted molar refractivity (Wildman–Crippen MR) is 83.6 cm³/mol. The van der Waals surface area contributed by atoms with Crippen molar-refractivity contribution in [2.45, 2.75) is 56.8 Å². The number of nitrogens with zero attached hydrogens (tertiary/aromatic N) is 1. The van der Waals surface area contributed by atoms with Crippen LogP contribution in [0.2, 0.25) is 0 Å². The predicted octanol–water partition coefficient (Wildman–Crippen LogP) is 1.65. The third-order valence-corrected chi connectivity index (χ3v) is 4.83. The first-order valence-corrected chi connectivity index (χ1v) is 8.05. The summed E-state index contributed by atoms with van der Waals surface area (Å²) in [5.41, 5.74) is 6.83. The van der Waals surface area contributed by atoms with Gasteiger partial charge in [-0.25, -0.2) is 0 Å². The number of nitrogens with two attached hydrogens (primary N) is 1. The Morgan fingerprint density at radius 3 is 2.48 bits per heavy atom. The van der Waals surface area contributed by atoms with E-state index in [1.165, 1.54) is 18.4 Å². The summed E-state index contributed by atoms with van der Waals surface area (Å²) in [6.07, 6.45) is 5.14. The molecule has 2 unspecified atom stereocenters. The van der Waals surface area contributed by atoms with Crippen LogP contribution in [-0.2, 0) is 11.3 Å². The number of amides is 1. The Balaban J connectivity index is 1.58. The molecule has 0 radical (unpaired) electrons. The molecule has 2 atom stereocenters. The van der Waals surface area contributed by atoms with Gasteiger partial charge in [0.05, 0.1) is 0 Å². The number of piperidine rings is 1. The van der Waals surface area contributed by atoms with E-state index in [4.69, 9.17) is 5.73 Å². The molecule has 2 aliphatic heterocycles. The summed E-state index contributed by atoms with van der Waals surface area (Å²) >= 11 is 0. The van der Waals surface area contributed by atoms with Crippen LogP contribution in [0.25, 0.3) is 0 Å². The molecule has 2 fully saturated rings. The molecule has 0 aliphatic carbocycles. The standard InChI is InChI=1S/C17H25N3O/c18-9-8-17(21)19-14-10-15-6-7-16(11-14)20(15)12-13-4-2-1-3-5-13/h1-5,14-16H,6-12,18H2,(H,19,21). The van der Waals surface area contributed by atoms with Gasteiger partial charge in [-0.15, -0.1) is 0 Å². The molecule has 0 aromatic heterocycles. The minimum Gasteiger partial charge on any atom is -0.353 e. The van der Waals surface area contributed by atoms with E-state index in [0.717, 1.165) is 19.4 Å². The topological polar surface area (TPSA) is 58.4 Å². The molecule has 2 bridgehead atoms. The van der Waals surface area contributed by atoms with Crippen molar-refractivity contribution in [2.75, 3.05) is 6.54 Å². The van der Waals surface area contributed by atoms with E-state index in [2.05, 4.69) is 40.5 Å². The number of nitrogens with one attached hydrogen (secondary N) is 1. The van der Waals surface area contributed by atoms with Crippen molar-refractivity contribution in [3.8, 4) is 0 Å². The van der Waals surface area contributed by atoms with Crippen molar-refractivity contribution >= 4 is 5.91 Å². The van der Waals surface area contributed by atoms with E-state index >= 15 is 0 Å². The highest BCUT2D eigenvalue weighted by molar-refractivity contribution is 5.76. The number of hydrogen-bond donors (Lipinski definition) is 2. The van der Waals surface area contributed by atoms with Crippen molar-refractivity contribution in [1.29, 1.82) is 0 Å².